The van der Waals surface area contributed by atoms with Crippen molar-refractivity contribution in [3.8, 4) is 0 Å². The number of carbonyl (C=O) groups excluding carboxylic acids is 1. The summed E-state index contributed by atoms with van der Waals surface area (Å²) in [6.07, 6.45) is 2.00. The second-order valence-electron chi connectivity index (χ2n) is 6.19. The van der Waals surface area contributed by atoms with Gasteiger partial charge >= 0.3 is 0 Å². The van der Waals surface area contributed by atoms with Crippen molar-refractivity contribution >= 4 is 23.2 Å². The second kappa shape index (κ2) is 6.77. The highest BCUT2D eigenvalue weighted by molar-refractivity contribution is 6.33. The third kappa shape index (κ3) is 3.96. The molecular formula is C16H23ClN2O2. The van der Waals surface area contributed by atoms with Gasteiger partial charge in [0.1, 0.15) is 0 Å². The number of nitrogens with zero attached hydrogens (tertiary/aromatic N) is 1. The average molecular weight is 311 g/mol. The molecule has 1 heterocycles. The Kier molecular flexibility index (Phi) is 5.25. The first kappa shape index (κ1) is 16.3. The van der Waals surface area contributed by atoms with E-state index in [1.165, 1.54) is 0 Å². The number of anilines is 1. The van der Waals surface area contributed by atoms with Gasteiger partial charge in [0.25, 0.3) is 0 Å². The highest BCUT2D eigenvalue weighted by Gasteiger charge is 2.34. The van der Waals surface area contributed by atoms with E-state index in [2.05, 4.69) is 17.1 Å². The molecule has 1 aliphatic heterocycles. The summed E-state index contributed by atoms with van der Waals surface area (Å²) in [6.45, 7) is 5.74. The molecule has 116 valence electrons. The van der Waals surface area contributed by atoms with Crippen molar-refractivity contribution in [1.82, 2.24) is 4.90 Å². The van der Waals surface area contributed by atoms with E-state index in [0.29, 0.717) is 10.7 Å². The number of hydrogen-bond acceptors (Lipinski definition) is 3. The average Bonchev–Trinajstić information content (AvgIpc) is 2.49. The summed E-state index contributed by atoms with van der Waals surface area (Å²) in [5, 5.41) is 12.9. The molecule has 1 amide bonds. The molecule has 21 heavy (non-hydrogen) atoms. The van der Waals surface area contributed by atoms with Gasteiger partial charge in [0, 0.05) is 18.6 Å². The van der Waals surface area contributed by atoms with E-state index in [9.17, 15) is 9.90 Å². The van der Waals surface area contributed by atoms with E-state index in [1.54, 1.807) is 12.1 Å². The van der Waals surface area contributed by atoms with E-state index in [1.807, 2.05) is 19.1 Å². The number of nitrogens with one attached hydrogen (secondary N) is 1. The van der Waals surface area contributed by atoms with Crippen molar-refractivity contribution in [1.29, 1.82) is 0 Å². The maximum Gasteiger partial charge on any atom is 0.241 e. The van der Waals surface area contributed by atoms with Crippen LogP contribution in [0.5, 0.6) is 0 Å². The van der Waals surface area contributed by atoms with E-state index in [0.717, 1.165) is 25.9 Å². The molecule has 1 aliphatic rings. The zero-order valence-electron chi connectivity index (χ0n) is 12.6. The fourth-order valence-corrected chi connectivity index (χ4v) is 2.97. The molecule has 1 aromatic carbocycles. The summed E-state index contributed by atoms with van der Waals surface area (Å²) >= 11 is 6.07. The predicted octanol–water partition coefficient (Wildman–Crippen LogP) is 2.76. The molecule has 4 nitrogen and oxygen atoms in total. The van der Waals surface area contributed by atoms with Crippen LogP contribution in [0.1, 0.15) is 26.7 Å². The number of rotatable bonds is 4. The molecule has 0 aromatic heterocycles. The number of hydrogen-bond donors (Lipinski definition) is 2. The van der Waals surface area contributed by atoms with Gasteiger partial charge in [0.05, 0.1) is 16.8 Å². The third-order valence-corrected chi connectivity index (χ3v) is 4.58. The number of carbonyl (C=O) groups is 1. The van der Waals surface area contributed by atoms with Crippen molar-refractivity contribution in [3.05, 3.63) is 29.3 Å². The number of amides is 1. The van der Waals surface area contributed by atoms with Crippen LogP contribution in [-0.2, 0) is 4.79 Å². The lowest BCUT2D eigenvalue weighted by molar-refractivity contribution is -0.122. The second-order valence-corrected chi connectivity index (χ2v) is 6.60. The molecular weight excluding hydrogens is 288 g/mol. The van der Waals surface area contributed by atoms with Crippen molar-refractivity contribution in [2.45, 2.75) is 32.7 Å². The summed E-state index contributed by atoms with van der Waals surface area (Å²) in [5.41, 5.74) is 0.523. The maximum atomic E-state index is 12.4. The number of halogens is 1. The minimum absolute atomic E-state index is 0.0645. The van der Waals surface area contributed by atoms with Gasteiger partial charge in [0.15, 0.2) is 0 Å². The largest absolute Gasteiger partial charge is 0.396 e. The van der Waals surface area contributed by atoms with Crippen LogP contribution in [0.2, 0.25) is 5.02 Å². The topological polar surface area (TPSA) is 52.6 Å². The summed E-state index contributed by atoms with van der Waals surface area (Å²) in [4.78, 5) is 14.5. The van der Waals surface area contributed by atoms with Crippen molar-refractivity contribution in [3.63, 3.8) is 0 Å². The summed E-state index contributed by atoms with van der Waals surface area (Å²) in [6, 6.07) is 6.98. The predicted molar refractivity (Wildman–Crippen MR) is 85.5 cm³/mol. The van der Waals surface area contributed by atoms with Gasteiger partial charge in [-0.25, -0.2) is 0 Å². The fourth-order valence-electron chi connectivity index (χ4n) is 2.78. The molecule has 0 radical (unpaired) electrons. The van der Waals surface area contributed by atoms with Crippen LogP contribution < -0.4 is 5.32 Å². The molecule has 0 aliphatic carbocycles. The normalized spacial score (nSPS) is 24.6. The zero-order valence-corrected chi connectivity index (χ0v) is 13.4. The molecule has 2 unspecified atom stereocenters. The molecule has 5 heteroatoms. The lowest BCUT2D eigenvalue weighted by Crippen LogP contribution is -2.51. The number of aliphatic hydroxyl groups is 1. The van der Waals surface area contributed by atoms with Crippen LogP contribution in [0.3, 0.4) is 0 Å². The van der Waals surface area contributed by atoms with Crippen molar-refractivity contribution in [2.75, 3.05) is 25.0 Å². The minimum Gasteiger partial charge on any atom is -0.396 e. The van der Waals surface area contributed by atoms with Crippen LogP contribution in [-0.4, -0.2) is 41.7 Å². The Bertz CT molecular complexity index is 509. The molecule has 2 atom stereocenters. The van der Waals surface area contributed by atoms with Crippen LogP contribution in [0.25, 0.3) is 0 Å². The lowest BCUT2D eigenvalue weighted by atomic mass is 9.82. The highest BCUT2D eigenvalue weighted by atomic mass is 35.5. The number of piperidine rings is 1. The van der Waals surface area contributed by atoms with Gasteiger partial charge in [-0.3, -0.25) is 9.69 Å². The fraction of sp³-hybridized carbons (Fsp3) is 0.562. The number of likely N-dealkylation sites (tertiary alicyclic amines) is 1. The minimum atomic E-state index is -0.243. The van der Waals surface area contributed by atoms with E-state index in [-0.39, 0.29) is 24.0 Å². The number of benzene rings is 1. The Morgan fingerprint density at radius 1 is 1.52 bits per heavy atom. The Balaban J connectivity index is 2.01. The molecule has 2 N–H and O–H groups in total. The standard InChI is InChI=1S/C16H23ClN2O2/c1-12(19-9-5-8-16(2,10-19)11-20)15(21)18-14-7-4-3-6-13(14)17/h3-4,6-7,12,20H,5,8-11H2,1-2H3,(H,18,21). The molecule has 2 rings (SSSR count). The first-order chi connectivity index (χ1) is 9.95. The highest BCUT2D eigenvalue weighted by Crippen LogP contribution is 2.30. The van der Waals surface area contributed by atoms with Crippen LogP contribution in [0.15, 0.2) is 24.3 Å². The quantitative estimate of drug-likeness (QED) is 0.899. The van der Waals surface area contributed by atoms with Crippen LogP contribution >= 0.6 is 11.6 Å². The van der Waals surface area contributed by atoms with E-state index in [4.69, 9.17) is 11.6 Å². The van der Waals surface area contributed by atoms with E-state index < -0.39 is 0 Å². The van der Waals surface area contributed by atoms with Crippen LogP contribution in [0, 0.1) is 5.41 Å². The molecule has 1 fully saturated rings. The maximum absolute atomic E-state index is 12.4. The summed E-state index contributed by atoms with van der Waals surface area (Å²) in [7, 11) is 0. The zero-order chi connectivity index (χ0) is 15.5. The van der Waals surface area contributed by atoms with Gasteiger partial charge in [-0.05, 0) is 38.4 Å². The van der Waals surface area contributed by atoms with Gasteiger partial charge in [-0.2, -0.15) is 0 Å². The first-order valence-corrected chi connectivity index (χ1v) is 7.73. The number of para-hydroxylation sites is 1. The Morgan fingerprint density at radius 3 is 2.90 bits per heavy atom. The molecule has 0 spiro atoms. The van der Waals surface area contributed by atoms with Crippen LogP contribution in [0.4, 0.5) is 5.69 Å². The van der Waals surface area contributed by atoms with Crippen molar-refractivity contribution < 1.29 is 9.90 Å². The van der Waals surface area contributed by atoms with Gasteiger partial charge in [0.2, 0.25) is 5.91 Å². The van der Waals surface area contributed by atoms with Crippen molar-refractivity contribution in [2.24, 2.45) is 5.41 Å². The SMILES string of the molecule is CC(C(=O)Nc1ccccc1Cl)N1CCCC(C)(CO)C1. The summed E-state index contributed by atoms with van der Waals surface area (Å²) in [5.74, 6) is -0.0645. The summed E-state index contributed by atoms with van der Waals surface area (Å²) < 4.78 is 0. The molecule has 0 saturated carbocycles. The number of aliphatic hydroxyl groups excluding tert-OH is 1. The Morgan fingerprint density at radius 2 is 2.24 bits per heavy atom. The first-order valence-electron chi connectivity index (χ1n) is 7.35. The van der Waals surface area contributed by atoms with Gasteiger partial charge in [-0.1, -0.05) is 30.7 Å². The van der Waals surface area contributed by atoms with Gasteiger partial charge < -0.3 is 10.4 Å². The smallest absolute Gasteiger partial charge is 0.241 e. The molecule has 1 saturated heterocycles. The monoisotopic (exact) mass is 310 g/mol. The van der Waals surface area contributed by atoms with E-state index >= 15 is 0 Å². The Labute approximate surface area is 131 Å². The van der Waals surface area contributed by atoms with Gasteiger partial charge in [-0.15, -0.1) is 0 Å². The molecule has 0 bridgehead atoms. The Hall–Kier alpha value is -1.10. The lowest BCUT2D eigenvalue weighted by Gasteiger charge is -2.41. The molecule has 1 aromatic rings. The third-order valence-electron chi connectivity index (χ3n) is 4.25.